The topological polar surface area (TPSA) is 85.1 Å². The molecule has 0 heterocycles. The van der Waals surface area contributed by atoms with E-state index in [-0.39, 0.29) is 12.3 Å². The molecule has 1 aromatic carbocycles. The third-order valence-corrected chi connectivity index (χ3v) is 2.92. The van der Waals surface area contributed by atoms with Crippen molar-refractivity contribution in [1.82, 2.24) is 0 Å². The van der Waals surface area contributed by atoms with Crippen molar-refractivity contribution in [2.45, 2.75) is 6.61 Å². The maximum Gasteiger partial charge on any atom is 0.269 e. The fourth-order valence-corrected chi connectivity index (χ4v) is 1.88. The number of nitro benzene ring substituents is 1. The van der Waals surface area contributed by atoms with E-state index in [4.69, 9.17) is 9.47 Å². The third-order valence-electron chi connectivity index (χ3n) is 2.92. The van der Waals surface area contributed by atoms with Gasteiger partial charge in [-0.05, 0) is 6.07 Å². The summed E-state index contributed by atoms with van der Waals surface area (Å²) in [7, 11) is 3.22. The van der Waals surface area contributed by atoms with Gasteiger partial charge in [-0.3, -0.25) is 10.1 Å². The molecular weight excluding hydrogens is 264 g/mol. The Balaban J connectivity index is 3.00. The van der Waals surface area contributed by atoms with Crippen LogP contribution in [0.5, 0.6) is 0 Å². The highest BCUT2D eigenvalue weighted by Crippen LogP contribution is 2.25. The number of non-ortho nitro benzene ring substituents is 1. The number of benzene rings is 1. The molecule has 1 rings (SSSR count). The summed E-state index contributed by atoms with van der Waals surface area (Å²) in [5.74, 6) is 0. The minimum absolute atomic E-state index is 0.0313. The number of aliphatic hydroxyl groups excluding tert-OH is 1. The van der Waals surface area contributed by atoms with Gasteiger partial charge in [-0.15, -0.1) is 0 Å². The van der Waals surface area contributed by atoms with Gasteiger partial charge >= 0.3 is 0 Å². The number of methoxy groups -OCH3 is 2. The van der Waals surface area contributed by atoms with Crippen LogP contribution in [0, 0.1) is 10.1 Å². The van der Waals surface area contributed by atoms with E-state index >= 15 is 0 Å². The van der Waals surface area contributed by atoms with E-state index in [1.54, 1.807) is 20.3 Å². The fraction of sp³-hybridized carbons (Fsp3) is 0.538. The Hall–Kier alpha value is -1.70. The highest BCUT2D eigenvalue weighted by molar-refractivity contribution is 5.57. The zero-order valence-corrected chi connectivity index (χ0v) is 11.7. The van der Waals surface area contributed by atoms with Gasteiger partial charge in [0.05, 0.1) is 24.7 Å². The standard InChI is InChI=1S/C13H20N2O5/c1-19-7-5-14(6-8-20-2)13-4-3-12(15(17)18)9-11(13)10-16/h3-4,9,16H,5-8,10H2,1-2H3. The second-order valence-corrected chi connectivity index (χ2v) is 4.20. The Labute approximate surface area is 117 Å². The van der Waals surface area contributed by atoms with Crippen LogP contribution in [0.3, 0.4) is 0 Å². The summed E-state index contributed by atoms with van der Waals surface area (Å²) in [5, 5.41) is 20.2. The van der Waals surface area contributed by atoms with Crippen molar-refractivity contribution < 1.29 is 19.5 Å². The van der Waals surface area contributed by atoms with E-state index in [2.05, 4.69) is 0 Å². The van der Waals surface area contributed by atoms with Gasteiger partial charge in [0.2, 0.25) is 0 Å². The predicted octanol–water partition coefficient (Wildman–Crippen LogP) is 1.19. The lowest BCUT2D eigenvalue weighted by Gasteiger charge is -2.26. The Morgan fingerprint density at radius 3 is 2.30 bits per heavy atom. The number of hydrogen-bond donors (Lipinski definition) is 1. The van der Waals surface area contributed by atoms with E-state index in [0.717, 1.165) is 5.69 Å². The predicted molar refractivity (Wildman–Crippen MR) is 75.0 cm³/mol. The first-order valence-electron chi connectivity index (χ1n) is 6.25. The van der Waals surface area contributed by atoms with Gasteiger partial charge in [0.15, 0.2) is 0 Å². The Morgan fingerprint density at radius 2 is 1.85 bits per heavy atom. The van der Waals surface area contributed by atoms with Gasteiger partial charge in [0, 0.05) is 50.7 Å². The molecule has 20 heavy (non-hydrogen) atoms. The van der Waals surface area contributed by atoms with Gasteiger partial charge < -0.3 is 19.5 Å². The summed E-state index contributed by atoms with van der Waals surface area (Å²) in [5.41, 5.74) is 1.25. The molecule has 0 unspecified atom stereocenters. The smallest absolute Gasteiger partial charge is 0.269 e. The van der Waals surface area contributed by atoms with Crippen molar-refractivity contribution in [2.75, 3.05) is 45.4 Å². The molecule has 0 atom stereocenters. The van der Waals surface area contributed by atoms with E-state index < -0.39 is 4.92 Å². The van der Waals surface area contributed by atoms with Gasteiger partial charge in [0.25, 0.3) is 5.69 Å². The summed E-state index contributed by atoms with van der Waals surface area (Å²) in [4.78, 5) is 12.3. The SMILES string of the molecule is COCCN(CCOC)c1ccc([N+](=O)[O-])cc1CO. The van der Waals surface area contributed by atoms with Crippen molar-refractivity contribution in [3.63, 3.8) is 0 Å². The van der Waals surface area contributed by atoms with Crippen LogP contribution in [0.15, 0.2) is 18.2 Å². The molecule has 0 saturated carbocycles. The Bertz CT molecular complexity index is 431. The minimum Gasteiger partial charge on any atom is -0.392 e. The molecule has 0 spiro atoms. The molecule has 7 heteroatoms. The summed E-state index contributed by atoms with van der Waals surface area (Å²) in [6, 6.07) is 4.47. The number of aliphatic hydroxyl groups is 1. The maximum absolute atomic E-state index is 10.8. The lowest BCUT2D eigenvalue weighted by atomic mass is 10.1. The Kier molecular flexibility index (Phi) is 6.92. The number of rotatable bonds is 9. The summed E-state index contributed by atoms with van der Waals surface area (Å²) < 4.78 is 10.1. The van der Waals surface area contributed by atoms with Crippen LogP contribution in [-0.2, 0) is 16.1 Å². The molecule has 0 amide bonds. The second kappa shape index (κ2) is 8.47. The quantitative estimate of drug-likeness (QED) is 0.541. The van der Waals surface area contributed by atoms with Gasteiger partial charge in [-0.1, -0.05) is 0 Å². The van der Waals surface area contributed by atoms with Gasteiger partial charge in [-0.25, -0.2) is 0 Å². The molecule has 0 radical (unpaired) electrons. The van der Waals surface area contributed by atoms with Crippen LogP contribution < -0.4 is 4.90 Å². The molecule has 112 valence electrons. The van der Waals surface area contributed by atoms with Crippen molar-refractivity contribution in [3.8, 4) is 0 Å². The van der Waals surface area contributed by atoms with E-state index in [1.807, 2.05) is 4.90 Å². The van der Waals surface area contributed by atoms with E-state index in [1.165, 1.54) is 12.1 Å². The molecule has 0 aliphatic carbocycles. The van der Waals surface area contributed by atoms with Crippen molar-refractivity contribution >= 4 is 11.4 Å². The van der Waals surface area contributed by atoms with Crippen molar-refractivity contribution in [2.24, 2.45) is 0 Å². The van der Waals surface area contributed by atoms with Crippen LogP contribution in [0.25, 0.3) is 0 Å². The van der Waals surface area contributed by atoms with Crippen LogP contribution in [0.4, 0.5) is 11.4 Å². The van der Waals surface area contributed by atoms with Gasteiger partial charge in [0.1, 0.15) is 0 Å². The molecule has 0 saturated heterocycles. The molecule has 7 nitrogen and oxygen atoms in total. The monoisotopic (exact) mass is 284 g/mol. The number of ether oxygens (including phenoxy) is 2. The van der Waals surface area contributed by atoms with Crippen LogP contribution in [0.1, 0.15) is 5.56 Å². The first-order valence-corrected chi connectivity index (χ1v) is 6.25. The molecule has 0 aliphatic heterocycles. The fourth-order valence-electron chi connectivity index (χ4n) is 1.88. The van der Waals surface area contributed by atoms with Crippen LogP contribution >= 0.6 is 0 Å². The van der Waals surface area contributed by atoms with E-state index in [9.17, 15) is 15.2 Å². The maximum atomic E-state index is 10.8. The van der Waals surface area contributed by atoms with Crippen molar-refractivity contribution in [3.05, 3.63) is 33.9 Å². The summed E-state index contributed by atoms with van der Waals surface area (Å²) in [6.07, 6.45) is 0. The molecule has 0 aliphatic rings. The summed E-state index contributed by atoms with van der Waals surface area (Å²) >= 11 is 0. The highest BCUT2D eigenvalue weighted by Gasteiger charge is 2.15. The first-order chi connectivity index (χ1) is 9.63. The molecule has 0 fully saturated rings. The average Bonchev–Trinajstić information content (AvgIpc) is 2.47. The average molecular weight is 284 g/mol. The normalized spacial score (nSPS) is 10.6. The number of hydrogen-bond acceptors (Lipinski definition) is 6. The first kappa shape index (κ1) is 16.4. The lowest BCUT2D eigenvalue weighted by Crippen LogP contribution is -2.31. The molecule has 1 aromatic rings. The summed E-state index contributed by atoms with van der Waals surface area (Å²) in [6.45, 7) is 2.01. The van der Waals surface area contributed by atoms with Crippen LogP contribution in [0.2, 0.25) is 0 Å². The van der Waals surface area contributed by atoms with Gasteiger partial charge in [-0.2, -0.15) is 0 Å². The van der Waals surface area contributed by atoms with Crippen LogP contribution in [-0.4, -0.2) is 50.6 Å². The molecule has 1 N–H and O–H groups in total. The molecule has 0 bridgehead atoms. The number of nitro groups is 1. The Morgan fingerprint density at radius 1 is 1.25 bits per heavy atom. The number of nitrogens with zero attached hydrogens (tertiary/aromatic N) is 2. The largest absolute Gasteiger partial charge is 0.392 e. The highest BCUT2D eigenvalue weighted by atomic mass is 16.6. The molecule has 0 aromatic heterocycles. The lowest BCUT2D eigenvalue weighted by molar-refractivity contribution is -0.384. The zero-order chi connectivity index (χ0) is 15.0. The van der Waals surface area contributed by atoms with E-state index in [0.29, 0.717) is 31.9 Å². The number of anilines is 1. The van der Waals surface area contributed by atoms with Crippen molar-refractivity contribution in [1.29, 1.82) is 0 Å². The molecular formula is C13H20N2O5. The minimum atomic E-state index is -0.475. The zero-order valence-electron chi connectivity index (χ0n) is 11.7. The second-order valence-electron chi connectivity index (χ2n) is 4.20. The third kappa shape index (κ3) is 4.44.